The van der Waals surface area contributed by atoms with Crippen LogP contribution >= 0.6 is 0 Å². The number of hydrogen-bond donors (Lipinski definition) is 2. The van der Waals surface area contributed by atoms with Gasteiger partial charge < -0.3 is 19.5 Å². The van der Waals surface area contributed by atoms with Crippen molar-refractivity contribution in [3.63, 3.8) is 0 Å². The second-order valence-electron chi connectivity index (χ2n) is 3.78. The number of oxazole rings is 1. The van der Waals surface area contributed by atoms with Gasteiger partial charge >= 0.3 is 0 Å². The summed E-state index contributed by atoms with van der Waals surface area (Å²) in [4.78, 5) is 6.12. The van der Waals surface area contributed by atoms with Gasteiger partial charge in [-0.25, -0.2) is 0 Å². The molecule has 1 aliphatic carbocycles. The van der Waals surface area contributed by atoms with E-state index in [-0.39, 0.29) is 13.2 Å². The molecule has 1 heterocycles. The Morgan fingerprint density at radius 1 is 1.47 bits per heavy atom. The van der Waals surface area contributed by atoms with Gasteiger partial charge in [0, 0.05) is 12.6 Å². The van der Waals surface area contributed by atoms with Crippen molar-refractivity contribution < 1.29 is 14.6 Å². The molecule has 2 N–H and O–H groups in total. The molecule has 0 saturated heterocycles. The molecule has 5 nitrogen and oxygen atoms in total. The van der Waals surface area contributed by atoms with E-state index in [1.54, 1.807) is 0 Å². The fourth-order valence-electron chi connectivity index (χ4n) is 1.74. The number of anilines is 1. The van der Waals surface area contributed by atoms with Crippen LogP contribution in [-0.4, -0.2) is 34.4 Å². The van der Waals surface area contributed by atoms with Crippen LogP contribution in [0.25, 0.3) is 0 Å². The van der Waals surface area contributed by atoms with Gasteiger partial charge in [0.05, 0.1) is 13.2 Å². The zero-order chi connectivity index (χ0) is 10.7. The largest absolute Gasteiger partial charge is 0.432 e. The van der Waals surface area contributed by atoms with Crippen molar-refractivity contribution in [1.82, 2.24) is 4.98 Å². The molecule has 0 unspecified atom stereocenters. The average molecular weight is 212 g/mol. The smallest absolute Gasteiger partial charge is 0.297 e. The quantitative estimate of drug-likeness (QED) is 0.744. The van der Waals surface area contributed by atoms with Crippen molar-refractivity contribution in [3.05, 3.63) is 12.0 Å². The first-order chi connectivity index (χ1) is 7.35. The highest BCUT2D eigenvalue weighted by molar-refractivity contribution is 5.30. The monoisotopic (exact) mass is 212 g/mol. The molecule has 1 fully saturated rings. The molecule has 0 bridgehead atoms. The zero-order valence-corrected chi connectivity index (χ0v) is 8.59. The third-order valence-electron chi connectivity index (χ3n) is 2.80. The summed E-state index contributed by atoms with van der Waals surface area (Å²) in [6.45, 7) is 0.518. The highest BCUT2D eigenvalue weighted by atomic mass is 16.4. The first-order valence-corrected chi connectivity index (χ1v) is 5.28. The molecule has 1 aliphatic rings. The number of hydrogen-bond acceptors (Lipinski definition) is 5. The van der Waals surface area contributed by atoms with Crippen LogP contribution in [0, 0.1) is 0 Å². The van der Waals surface area contributed by atoms with Gasteiger partial charge in [0.1, 0.15) is 12.0 Å². The lowest BCUT2D eigenvalue weighted by atomic mass is 9.92. The van der Waals surface area contributed by atoms with Gasteiger partial charge in [0.2, 0.25) is 0 Å². The van der Waals surface area contributed by atoms with Crippen molar-refractivity contribution in [3.8, 4) is 0 Å². The minimum absolute atomic E-state index is 0.0906. The molecular formula is C10H16N2O3. The molecule has 1 saturated carbocycles. The van der Waals surface area contributed by atoms with Gasteiger partial charge in [-0.05, 0) is 19.3 Å². The van der Waals surface area contributed by atoms with Crippen LogP contribution in [-0.2, 0) is 6.61 Å². The summed E-state index contributed by atoms with van der Waals surface area (Å²) in [6, 6.07) is 0.945. The lowest BCUT2D eigenvalue weighted by Crippen LogP contribution is -2.42. The van der Waals surface area contributed by atoms with Gasteiger partial charge in [-0.3, -0.25) is 0 Å². The fourth-order valence-corrected chi connectivity index (χ4v) is 1.74. The molecule has 2 rings (SSSR count). The molecule has 0 aliphatic heterocycles. The minimum atomic E-state index is -0.110. The molecule has 5 heteroatoms. The molecule has 1 aromatic heterocycles. The third-order valence-corrected chi connectivity index (χ3v) is 2.80. The Morgan fingerprint density at radius 3 is 2.73 bits per heavy atom. The average Bonchev–Trinajstić information content (AvgIpc) is 2.62. The van der Waals surface area contributed by atoms with Crippen LogP contribution in [0.15, 0.2) is 10.7 Å². The van der Waals surface area contributed by atoms with Crippen molar-refractivity contribution in [2.24, 2.45) is 0 Å². The van der Waals surface area contributed by atoms with Crippen LogP contribution in [0.5, 0.6) is 0 Å². The Bertz CT molecular complexity index is 309. The van der Waals surface area contributed by atoms with E-state index in [1.807, 2.05) is 4.90 Å². The molecule has 1 aromatic rings. The number of aliphatic hydroxyl groups excluding tert-OH is 2. The van der Waals surface area contributed by atoms with Gasteiger partial charge in [-0.15, -0.1) is 0 Å². The normalized spacial score (nSPS) is 16.4. The highest BCUT2D eigenvalue weighted by Crippen LogP contribution is 2.28. The topological polar surface area (TPSA) is 69.7 Å². The minimum Gasteiger partial charge on any atom is -0.432 e. The fraction of sp³-hybridized carbons (Fsp3) is 0.700. The predicted molar refractivity (Wildman–Crippen MR) is 54.5 cm³/mol. The van der Waals surface area contributed by atoms with Crippen LogP contribution in [0.4, 0.5) is 6.01 Å². The maximum Gasteiger partial charge on any atom is 0.297 e. The second kappa shape index (κ2) is 4.63. The first kappa shape index (κ1) is 10.4. The molecule has 0 atom stereocenters. The zero-order valence-electron chi connectivity index (χ0n) is 8.59. The van der Waals surface area contributed by atoms with Gasteiger partial charge in [-0.2, -0.15) is 4.98 Å². The van der Waals surface area contributed by atoms with Crippen LogP contribution in [0.1, 0.15) is 25.0 Å². The summed E-state index contributed by atoms with van der Waals surface area (Å²) in [6.07, 6.45) is 4.92. The van der Waals surface area contributed by atoms with E-state index in [1.165, 1.54) is 12.7 Å². The van der Waals surface area contributed by atoms with E-state index in [0.717, 1.165) is 12.8 Å². The van der Waals surface area contributed by atoms with Gasteiger partial charge in [0.15, 0.2) is 0 Å². The van der Waals surface area contributed by atoms with E-state index in [2.05, 4.69) is 4.98 Å². The van der Waals surface area contributed by atoms with E-state index in [0.29, 0.717) is 24.3 Å². The molecule has 0 spiro atoms. The van der Waals surface area contributed by atoms with E-state index >= 15 is 0 Å². The standard InChI is InChI=1S/C10H16N2O3/c13-5-4-12(9-2-1-3-9)10-11-8(6-14)7-15-10/h7,9,13-14H,1-6H2. The Morgan fingerprint density at radius 2 is 2.27 bits per heavy atom. The second-order valence-corrected chi connectivity index (χ2v) is 3.78. The number of aliphatic hydroxyl groups is 2. The SMILES string of the molecule is OCCN(c1nc(CO)co1)C1CCC1. The third kappa shape index (κ3) is 2.13. The Kier molecular flexibility index (Phi) is 3.23. The highest BCUT2D eigenvalue weighted by Gasteiger charge is 2.27. The maximum atomic E-state index is 8.97. The summed E-state index contributed by atoms with van der Waals surface area (Å²) in [7, 11) is 0. The van der Waals surface area contributed by atoms with Crippen LogP contribution < -0.4 is 4.90 Å². The van der Waals surface area contributed by atoms with Crippen molar-refractivity contribution in [2.75, 3.05) is 18.1 Å². The number of aromatic nitrogens is 1. The van der Waals surface area contributed by atoms with Crippen LogP contribution in [0.2, 0.25) is 0 Å². The molecule has 84 valence electrons. The lowest BCUT2D eigenvalue weighted by molar-refractivity contribution is 0.276. The summed E-state index contributed by atoms with van der Waals surface area (Å²) in [5.74, 6) is 0. The summed E-state index contributed by atoms with van der Waals surface area (Å²) in [5, 5.41) is 17.9. The molecule has 0 aromatic carbocycles. The Balaban J connectivity index is 2.08. The molecule has 0 radical (unpaired) electrons. The first-order valence-electron chi connectivity index (χ1n) is 5.28. The Hall–Kier alpha value is -1.07. The van der Waals surface area contributed by atoms with E-state index in [9.17, 15) is 0 Å². The van der Waals surface area contributed by atoms with Crippen molar-refractivity contribution >= 4 is 6.01 Å². The van der Waals surface area contributed by atoms with Crippen LogP contribution in [0.3, 0.4) is 0 Å². The summed E-state index contributed by atoms with van der Waals surface area (Å²) < 4.78 is 5.27. The maximum absolute atomic E-state index is 8.97. The molecular weight excluding hydrogens is 196 g/mol. The summed E-state index contributed by atoms with van der Waals surface area (Å²) in [5.41, 5.74) is 0.535. The van der Waals surface area contributed by atoms with E-state index < -0.39 is 0 Å². The number of nitrogens with zero attached hydrogens (tertiary/aromatic N) is 2. The van der Waals surface area contributed by atoms with Crippen molar-refractivity contribution in [2.45, 2.75) is 31.9 Å². The van der Waals surface area contributed by atoms with Gasteiger partial charge in [-0.1, -0.05) is 0 Å². The summed E-state index contributed by atoms with van der Waals surface area (Å²) >= 11 is 0. The Labute approximate surface area is 88.3 Å². The van der Waals surface area contributed by atoms with Crippen molar-refractivity contribution in [1.29, 1.82) is 0 Å². The predicted octanol–water partition coefficient (Wildman–Crippen LogP) is 0.518. The number of rotatable bonds is 5. The molecule has 0 amide bonds. The molecule has 15 heavy (non-hydrogen) atoms. The van der Waals surface area contributed by atoms with Gasteiger partial charge in [0.25, 0.3) is 6.01 Å². The lowest BCUT2D eigenvalue weighted by Gasteiger charge is -2.36. The van der Waals surface area contributed by atoms with E-state index in [4.69, 9.17) is 14.6 Å².